The van der Waals surface area contributed by atoms with Crippen molar-refractivity contribution in [2.75, 3.05) is 34.1 Å². The van der Waals surface area contributed by atoms with Crippen molar-refractivity contribution in [1.29, 1.82) is 0 Å². The van der Waals surface area contributed by atoms with E-state index in [1.54, 1.807) is 18.9 Å². The second kappa shape index (κ2) is 9.79. The van der Waals surface area contributed by atoms with Crippen molar-refractivity contribution < 1.29 is 23.7 Å². The van der Waals surface area contributed by atoms with Crippen LogP contribution >= 0.6 is 0 Å². The highest BCUT2D eigenvalue weighted by atomic mass is 16.7. The van der Waals surface area contributed by atoms with Crippen LogP contribution in [0.15, 0.2) is 36.4 Å². The number of amides is 1. The van der Waals surface area contributed by atoms with E-state index in [0.29, 0.717) is 55.5 Å². The summed E-state index contributed by atoms with van der Waals surface area (Å²) in [5, 5.41) is 12.7. The minimum atomic E-state index is -0.257. The van der Waals surface area contributed by atoms with Crippen molar-refractivity contribution in [3.8, 4) is 23.0 Å². The SMILES string of the molecule is COc1ccc([C@@H](c2nnnn2Cc2ccc3c(c2)OCO3)N2CCC(C(N)=O)CC2)cc1OC. The van der Waals surface area contributed by atoms with E-state index >= 15 is 0 Å². The largest absolute Gasteiger partial charge is 0.493 e. The van der Waals surface area contributed by atoms with Crippen molar-refractivity contribution in [2.24, 2.45) is 11.7 Å². The maximum atomic E-state index is 11.7. The van der Waals surface area contributed by atoms with E-state index in [0.717, 1.165) is 16.9 Å². The number of tetrazole rings is 1. The number of primary amides is 1. The van der Waals surface area contributed by atoms with E-state index in [4.69, 9.17) is 24.7 Å². The fraction of sp³-hybridized carbons (Fsp3) is 0.417. The Labute approximate surface area is 202 Å². The number of likely N-dealkylation sites (tertiary alicyclic amines) is 1. The van der Waals surface area contributed by atoms with Gasteiger partial charge in [0, 0.05) is 5.92 Å². The third-order valence-corrected chi connectivity index (χ3v) is 6.59. The zero-order valence-electron chi connectivity index (χ0n) is 19.7. The first-order valence-corrected chi connectivity index (χ1v) is 11.5. The third kappa shape index (κ3) is 4.59. The van der Waals surface area contributed by atoms with Gasteiger partial charge < -0.3 is 24.7 Å². The number of aromatic nitrogens is 4. The summed E-state index contributed by atoms with van der Waals surface area (Å²) in [5.74, 6) is 3.02. The molecule has 1 atom stereocenters. The standard InChI is InChI=1S/C24H28N6O5/c1-32-18-6-4-17(12-20(18)33-2)22(29-9-7-16(8-10-29)23(25)31)24-26-27-28-30(24)13-15-3-5-19-21(11-15)35-14-34-19/h3-6,11-12,16,22H,7-10,13-14H2,1-2H3,(H2,25,31)/t22-/m0/s1. The number of rotatable bonds is 8. The third-order valence-electron chi connectivity index (χ3n) is 6.59. The number of hydrogen-bond acceptors (Lipinski definition) is 9. The minimum absolute atomic E-state index is 0.123. The first kappa shape index (κ1) is 22.9. The molecule has 0 unspecified atom stereocenters. The number of methoxy groups -OCH3 is 2. The maximum absolute atomic E-state index is 11.7. The van der Waals surface area contributed by atoms with Crippen LogP contribution in [0.5, 0.6) is 23.0 Å². The number of nitrogens with zero attached hydrogens (tertiary/aromatic N) is 5. The van der Waals surface area contributed by atoms with Gasteiger partial charge in [-0.1, -0.05) is 12.1 Å². The van der Waals surface area contributed by atoms with Gasteiger partial charge in [-0.15, -0.1) is 5.10 Å². The van der Waals surface area contributed by atoms with Gasteiger partial charge in [0.2, 0.25) is 12.7 Å². The molecule has 0 aliphatic carbocycles. The van der Waals surface area contributed by atoms with E-state index in [1.165, 1.54) is 0 Å². The van der Waals surface area contributed by atoms with Gasteiger partial charge in [0.15, 0.2) is 28.8 Å². The number of ether oxygens (including phenoxy) is 4. The fourth-order valence-corrected chi connectivity index (χ4v) is 4.72. The number of nitrogens with two attached hydrogens (primary N) is 1. The quantitative estimate of drug-likeness (QED) is 0.513. The summed E-state index contributed by atoms with van der Waals surface area (Å²) in [6.07, 6.45) is 1.37. The van der Waals surface area contributed by atoms with E-state index < -0.39 is 0 Å². The number of hydrogen-bond donors (Lipinski definition) is 1. The zero-order valence-corrected chi connectivity index (χ0v) is 19.7. The Morgan fingerprint density at radius 3 is 2.60 bits per heavy atom. The Bertz CT molecular complexity index is 1210. The summed E-state index contributed by atoms with van der Waals surface area (Å²) in [6, 6.07) is 11.4. The second-order valence-corrected chi connectivity index (χ2v) is 8.61. The lowest BCUT2D eigenvalue weighted by Crippen LogP contribution is -2.41. The molecule has 11 heteroatoms. The van der Waals surface area contributed by atoms with Crippen LogP contribution in [-0.4, -0.2) is 65.1 Å². The van der Waals surface area contributed by atoms with Crippen molar-refractivity contribution in [1.82, 2.24) is 25.1 Å². The molecule has 184 valence electrons. The molecule has 1 saturated heterocycles. The number of carbonyl (C=O) groups is 1. The molecule has 11 nitrogen and oxygen atoms in total. The summed E-state index contributed by atoms with van der Waals surface area (Å²) >= 11 is 0. The summed E-state index contributed by atoms with van der Waals surface area (Å²) in [5.41, 5.74) is 7.52. The predicted molar refractivity (Wildman–Crippen MR) is 124 cm³/mol. The average molecular weight is 481 g/mol. The van der Waals surface area contributed by atoms with Crippen LogP contribution in [0, 0.1) is 5.92 Å². The normalized spacial score (nSPS) is 16.7. The molecule has 1 amide bonds. The second-order valence-electron chi connectivity index (χ2n) is 8.61. The van der Waals surface area contributed by atoms with Gasteiger partial charge in [0.1, 0.15) is 0 Å². The number of carbonyl (C=O) groups excluding carboxylic acids is 1. The first-order chi connectivity index (χ1) is 17.1. The molecule has 2 aliphatic heterocycles. The molecule has 1 fully saturated rings. The molecule has 0 bridgehead atoms. The van der Waals surface area contributed by atoms with Crippen LogP contribution in [0.3, 0.4) is 0 Å². The summed E-state index contributed by atoms with van der Waals surface area (Å²) in [4.78, 5) is 14.0. The molecule has 5 rings (SSSR count). The highest BCUT2D eigenvalue weighted by molar-refractivity contribution is 5.76. The van der Waals surface area contributed by atoms with E-state index in [9.17, 15) is 4.79 Å². The maximum Gasteiger partial charge on any atom is 0.231 e. The van der Waals surface area contributed by atoms with Crippen LogP contribution in [0.4, 0.5) is 0 Å². The van der Waals surface area contributed by atoms with Gasteiger partial charge in [-0.2, -0.15) is 0 Å². The van der Waals surface area contributed by atoms with Gasteiger partial charge in [0.05, 0.1) is 26.8 Å². The van der Waals surface area contributed by atoms with Gasteiger partial charge >= 0.3 is 0 Å². The molecule has 3 aromatic rings. The highest BCUT2D eigenvalue weighted by Gasteiger charge is 2.33. The predicted octanol–water partition coefficient (Wildman–Crippen LogP) is 1.75. The van der Waals surface area contributed by atoms with Crippen molar-refractivity contribution in [3.63, 3.8) is 0 Å². The summed E-state index contributed by atoms with van der Waals surface area (Å²) < 4.78 is 23.7. The van der Waals surface area contributed by atoms with Crippen LogP contribution in [0.1, 0.15) is 35.8 Å². The molecular weight excluding hydrogens is 452 g/mol. The van der Waals surface area contributed by atoms with E-state index in [-0.39, 0.29) is 24.7 Å². The zero-order chi connectivity index (χ0) is 24.4. The van der Waals surface area contributed by atoms with Gasteiger partial charge in [0.25, 0.3) is 0 Å². The minimum Gasteiger partial charge on any atom is -0.493 e. The topological polar surface area (TPSA) is 127 Å². The fourth-order valence-electron chi connectivity index (χ4n) is 4.72. The van der Waals surface area contributed by atoms with E-state index in [1.807, 2.05) is 36.4 Å². The lowest BCUT2D eigenvalue weighted by Gasteiger charge is -2.36. The van der Waals surface area contributed by atoms with Crippen LogP contribution in [-0.2, 0) is 11.3 Å². The van der Waals surface area contributed by atoms with Crippen LogP contribution < -0.4 is 24.7 Å². The average Bonchev–Trinajstić information content (AvgIpc) is 3.54. The van der Waals surface area contributed by atoms with Crippen LogP contribution in [0.25, 0.3) is 0 Å². The summed E-state index contributed by atoms with van der Waals surface area (Å²) in [6.45, 7) is 2.05. The highest BCUT2D eigenvalue weighted by Crippen LogP contribution is 2.37. The molecule has 35 heavy (non-hydrogen) atoms. The smallest absolute Gasteiger partial charge is 0.231 e. The first-order valence-electron chi connectivity index (χ1n) is 11.5. The molecule has 0 spiro atoms. The van der Waals surface area contributed by atoms with Gasteiger partial charge in [-0.05, 0) is 71.8 Å². The molecular formula is C24H28N6O5. The molecule has 0 radical (unpaired) electrons. The number of piperidine rings is 1. The molecule has 2 aliphatic rings. The lowest BCUT2D eigenvalue weighted by molar-refractivity contribution is -0.123. The van der Waals surface area contributed by atoms with E-state index in [2.05, 4.69) is 20.4 Å². The number of benzene rings is 2. The Morgan fingerprint density at radius 1 is 1.09 bits per heavy atom. The Kier molecular flexibility index (Phi) is 6.41. The molecule has 0 saturated carbocycles. The monoisotopic (exact) mass is 480 g/mol. The van der Waals surface area contributed by atoms with Gasteiger partial charge in [-0.3, -0.25) is 9.69 Å². The Morgan fingerprint density at radius 2 is 1.86 bits per heavy atom. The molecule has 2 aromatic carbocycles. The summed E-state index contributed by atoms with van der Waals surface area (Å²) in [7, 11) is 3.22. The molecule has 1 aromatic heterocycles. The van der Waals surface area contributed by atoms with Crippen molar-refractivity contribution >= 4 is 5.91 Å². The number of fused-ring (bicyclic) bond motifs is 1. The Balaban J connectivity index is 1.49. The molecule has 2 N–H and O–H groups in total. The van der Waals surface area contributed by atoms with Crippen LogP contribution in [0.2, 0.25) is 0 Å². The van der Waals surface area contributed by atoms with Crippen molar-refractivity contribution in [2.45, 2.75) is 25.4 Å². The lowest BCUT2D eigenvalue weighted by atomic mass is 9.93. The van der Waals surface area contributed by atoms with Gasteiger partial charge in [-0.25, -0.2) is 4.68 Å². The molecule has 3 heterocycles. The Hall–Kier alpha value is -3.86. The van der Waals surface area contributed by atoms with Crippen molar-refractivity contribution in [3.05, 3.63) is 53.3 Å².